The van der Waals surface area contributed by atoms with Crippen molar-refractivity contribution in [3.05, 3.63) is 0 Å². The molecule has 9 heteroatoms. The zero-order chi connectivity index (χ0) is 11.1. The molecule has 0 aliphatic carbocycles. The number of aliphatic hydroxyl groups excluding tert-OH is 1. The van der Waals surface area contributed by atoms with Gasteiger partial charge in [0.15, 0.2) is 0 Å². The molecule has 0 bridgehead atoms. The smallest absolute Gasteiger partial charge is 0.417 e. The van der Waals surface area contributed by atoms with E-state index < -0.39 is 19.3 Å². The van der Waals surface area contributed by atoms with Gasteiger partial charge in [-0.2, -0.15) is 4.67 Å². The molecule has 15 heavy (non-hydrogen) atoms. The fourth-order valence-corrected chi connectivity index (χ4v) is 3.81. The van der Waals surface area contributed by atoms with E-state index in [0.717, 1.165) is 9.34 Å². The lowest BCUT2D eigenvalue weighted by Crippen LogP contribution is -2.33. The van der Waals surface area contributed by atoms with Crippen molar-refractivity contribution in [2.24, 2.45) is 0 Å². The highest BCUT2D eigenvalue weighted by Gasteiger charge is 2.47. The Hall–Kier alpha value is -0.330. The summed E-state index contributed by atoms with van der Waals surface area (Å²) in [5.41, 5.74) is 0. The number of halogens is 1. The normalized spacial score (nSPS) is 31.7. The zero-order valence-electron chi connectivity index (χ0n) is 7.71. The topological polar surface area (TPSA) is 79.3 Å². The second kappa shape index (κ2) is 3.92. The van der Waals surface area contributed by atoms with Crippen LogP contribution in [0, 0.1) is 0 Å². The molecule has 7 nitrogen and oxygen atoms in total. The van der Waals surface area contributed by atoms with Gasteiger partial charge in [-0.3, -0.25) is 4.57 Å². The number of hydrogen-bond acceptors (Lipinski definition) is 5. The molecule has 2 heterocycles. The van der Waals surface area contributed by atoms with Crippen LogP contribution in [0.2, 0.25) is 0 Å². The van der Waals surface area contributed by atoms with Crippen LogP contribution in [0.15, 0.2) is 0 Å². The van der Waals surface area contributed by atoms with Crippen molar-refractivity contribution >= 4 is 24.1 Å². The Morgan fingerprint density at radius 3 is 2.67 bits per heavy atom. The highest BCUT2D eigenvalue weighted by Crippen LogP contribution is 2.60. The van der Waals surface area contributed by atoms with Gasteiger partial charge in [-0.1, -0.05) is 0 Å². The van der Waals surface area contributed by atoms with Crippen LogP contribution >= 0.6 is 18.0 Å². The summed E-state index contributed by atoms with van der Waals surface area (Å²) in [5.74, 6) is 0. The van der Waals surface area contributed by atoms with Gasteiger partial charge in [-0.05, 0) is 11.2 Å². The van der Waals surface area contributed by atoms with Crippen LogP contribution in [-0.4, -0.2) is 53.3 Å². The van der Waals surface area contributed by atoms with E-state index in [2.05, 4.69) is 4.74 Å². The number of cyclic esters (lactones) is 1. The number of rotatable bonds is 2. The van der Waals surface area contributed by atoms with E-state index >= 15 is 0 Å². The standard InChI is InChI=1S/C6H10ClN2O5P/c7-15(12,8-1-3-13-5(8)10)9-2-4-14-6(9)11/h5,10H,1-4H2. The van der Waals surface area contributed by atoms with Crippen LogP contribution in [0.5, 0.6) is 0 Å². The molecule has 0 aromatic heterocycles. The third-order valence-corrected chi connectivity index (χ3v) is 5.32. The summed E-state index contributed by atoms with van der Waals surface area (Å²) in [4.78, 5) is 11.2. The molecule has 2 saturated heterocycles. The molecule has 2 aliphatic rings. The summed E-state index contributed by atoms with van der Waals surface area (Å²) in [6.45, 7) is -2.87. The van der Waals surface area contributed by atoms with Crippen molar-refractivity contribution in [2.45, 2.75) is 6.41 Å². The number of carbonyl (C=O) groups excluding carboxylic acids is 1. The molecule has 1 amide bonds. The molecule has 2 atom stereocenters. The van der Waals surface area contributed by atoms with Crippen LogP contribution in [0.3, 0.4) is 0 Å². The Morgan fingerprint density at radius 1 is 1.47 bits per heavy atom. The third-order valence-electron chi connectivity index (χ3n) is 2.20. The van der Waals surface area contributed by atoms with E-state index in [9.17, 15) is 14.5 Å². The van der Waals surface area contributed by atoms with Gasteiger partial charge < -0.3 is 14.6 Å². The molecule has 2 aliphatic heterocycles. The molecule has 2 rings (SSSR count). The minimum Gasteiger partial charge on any atom is -0.447 e. The van der Waals surface area contributed by atoms with Crippen molar-refractivity contribution in [1.82, 2.24) is 9.34 Å². The van der Waals surface area contributed by atoms with Gasteiger partial charge in [0.1, 0.15) is 6.61 Å². The number of ether oxygens (including phenoxy) is 2. The highest BCUT2D eigenvalue weighted by molar-refractivity contribution is 7.85. The molecular formula is C6H10ClN2O5P. The lowest BCUT2D eigenvalue weighted by Gasteiger charge is -2.28. The fourth-order valence-electron chi connectivity index (χ4n) is 1.44. The van der Waals surface area contributed by atoms with Crippen LogP contribution in [0.1, 0.15) is 0 Å². The first-order chi connectivity index (χ1) is 7.03. The number of aliphatic hydroxyl groups is 1. The highest BCUT2D eigenvalue weighted by atomic mass is 35.7. The summed E-state index contributed by atoms with van der Waals surface area (Å²) in [5, 5.41) is 9.34. The van der Waals surface area contributed by atoms with Crippen LogP contribution in [0.25, 0.3) is 0 Å². The molecule has 0 spiro atoms. The van der Waals surface area contributed by atoms with Crippen molar-refractivity contribution in [3.8, 4) is 0 Å². The lowest BCUT2D eigenvalue weighted by molar-refractivity contribution is -0.107. The van der Waals surface area contributed by atoms with E-state index in [-0.39, 0.29) is 26.3 Å². The summed E-state index contributed by atoms with van der Waals surface area (Å²) in [6.07, 6.45) is -2.06. The van der Waals surface area contributed by atoms with E-state index in [1.54, 1.807) is 0 Å². The molecule has 0 saturated carbocycles. The Labute approximate surface area is 90.8 Å². The van der Waals surface area contributed by atoms with Gasteiger partial charge in [-0.15, -0.1) is 0 Å². The van der Waals surface area contributed by atoms with Gasteiger partial charge in [-0.25, -0.2) is 9.46 Å². The van der Waals surface area contributed by atoms with Gasteiger partial charge in [0.25, 0.3) is 0 Å². The summed E-state index contributed by atoms with van der Waals surface area (Å²) in [6, 6.07) is 0. The fraction of sp³-hybridized carbons (Fsp3) is 0.833. The number of amides is 1. The lowest BCUT2D eigenvalue weighted by atomic mass is 10.7. The van der Waals surface area contributed by atoms with Gasteiger partial charge >= 0.3 is 12.9 Å². The van der Waals surface area contributed by atoms with Gasteiger partial charge in [0, 0.05) is 6.54 Å². The van der Waals surface area contributed by atoms with Gasteiger partial charge in [0.2, 0.25) is 6.41 Å². The Kier molecular flexibility index (Phi) is 2.92. The Balaban J connectivity index is 2.18. The van der Waals surface area contributed by atoms with Crippen LogP contribution < -0.4 is 0 Å². The second-order valence-corrected chi connectivity index (χ2v) is 6.33. The predicted molar refractivity (Wildman–Crippen MR) is 50.2 cm³/mol. The molecular weight excluding hydrogens is 247 g/mol. The number of hydrogen-bond donors (Lipinski definition) is 1. The van der Waals surface area contributed by atoms with Gasteiger partial charge in [0.05, 0.1) is 13.2 Å². The van der Waals surface area contributed by atoms with Crippen molar-refractivity contribution in [3.63, 3.8) is 0 Å². The number of carbonyl (C=O) groups is 1. The summed E-state index contributed by atoms with van der Waals surface area (Å²) < 4.78 is 23.5. The summed E-state index contributed by atoms with van der Waals surface area (Å²) >= 11 is 5.81. The first-order valence-electron chi connectivity index (χ1n) is 4.35. The van der Waals surface area contributed by atoms with Crippen LogP contribution in [-0.2, 0) is 14.0 Å². The van der Waals surface area contributed by atoms with E-state index in [1.165, 1.54) is 0 Å². The first kappa shape index (κ1) is 11.2. The SMILES string of the molecule is O=C1OCCN1P(=O)(Cl)N1CCOC1O. The van der Waals surface area contributed by atoms with E-state index in [0.29, 0.717) is 0 Å². The second-order valence-electron chi connectivity index (χ2n) is 3.07. The zero-order valence-corrected chi connectivity index (χ0v) is 9.36. The molecule has 2 fully saturated rings. The molecule has 2 unspecified atom stereocenters. The molecule has 0 aromatic rings. The molecule has 86 valence electrons. The van der Waals surface area contributed by atoms with Crippen molar-refractivity contribution < 1.29 is 23.9 Å². The third kappa shape index (κ3) is 1.86. The molecule has 0 aromatic carbocycles. The molecule has 1 N–H and O–H groups in total. The maximum atomic E-state index is 12.1. The summed E-state index contributed by atoms with van der Waals surface area (Å²) in [7, 11) is 0. The van der Waals surface area contributed by atoms with E-state index in [4.69, 9.17) is 16.0 Å². The monoisotopic (exact) mass is 256 g/mol. The first-order valence-corrected chi connectivity index (χ1v) is 6.86. The quantitative estimate of drug-likeness (QED) is 0.720. The average molecular weight is 257 g/mol. The van der Waals surface area contributed by atoms with Crippen molar-refractivity contribution in [2.75, 3.05) is 26.3 Å². The predicted octanol–water partition coefficient (Wildman–Crippen LogP) is 0.394. The van der Waals surface area contributed by atoms with Crippen LogP contribution in [0.4, 0.5) is 4.79 Å². The largest absolute Gasteiger partial charge is 0.447 e. The van der Waals surface area contributed by atoms with Crippen molar-refractivity contribution in [1.29, 1.82) is 0 Å². The molecule has 0 radical (unpaired) electrons. The maximum Gasteiger partial charge on any atom is 0.417 e. The average Bonchev–Trinajstić information content (AvgIpc) is 2.73. The Bertz CT molecular complexity index is 327. The number of nitrogens with zero attached hydrogens (tertiary/aromatic N) is 2. The van der Waals surface area contributed by atoms with E-state index in [1.807, 2.05) is 0 Å². The Morgan fingerprint density at radius 2 is 2.20 bits per heavy atom. The minimum atomic E-state index is -3.61. The minimum absolute atomic E-state index is 0.153. The maximum absolute atomic E-state index is 12.1.